The Morgan fingerprint density at radius 2 is 1.70 bits per heavy atom. The molecule has 20 heavy (non-hydrogen) atoms. The number of nitrogens with zero attached hydrogens (tertiary/aromatic N) is 1. The summed E-state index contributed by atoms with van der Waals surface area (Å²) >= 11 is 6.00. The number of anilines is 1. The molecule has 0 aromatic carbocycles. The number of aromatic nitrogens is 1. The summed E-state index contributed by atoms with van der Waals surface area (Å²) in [7, 11) is 0. The highest BCUT2D eigenvalue weighted by atomic mass is 35.5. The van der Waals surface area contributed by atoms with Crippen LogP contribution in [0.4, 0.5) is 5.82 Å². The second-order valence-electron chi connectivity index (χ2n) is 6.44. The summed E-state index contributed by atoms with van der Waals surface area (Å²) in [6.45, 7) is 0. The van der Waals surface area contributed by atoms with Gasteiger partial charge in [0.2, 0.25) is 0 Å². The second-order valence-corrected chi connectivity index (χ2v) is 6.83. The number of pyridine rings is 1. The molecule has 3 heteroatoms. The van der Waals surface area contributed by atoms with Crippen molar-refractivity contribution in [2.45, 2.75) is 63.8 Å². The van der Waals surface area contributed by atoms with Gasteiger partial charge in [-0.15, -0.1) is 0 Å². The average molecular weight is 293 g/mol. The molecule has 2 aliphatic rings. The van der Waals surface area contributed by atoms with E-state index in [4.69, 9.17) is 11.6 Å². The van der Waals surface area contributed by atoms with Crippen molar-refractivity contribution in [1.82, 2.24) is 4.98 Å². The maximum absolute atomic E-state index is 6.00. The van der Waals surface area contributed by atoms with Gasteiger partial charge in [-0.2, -0.15) is 0 Å². The Labute approximate surface area is 127 Å². The van der Waals surface area contributed by atoms with Gasteiger partial charge in [0.15, 0.2) is 0 Å². The highest BCUT2D eigenvalue weighted by molar-refractivity contribution is 6.29. The van der Waals surface area contributed by atoms with Crippen LogP contribution in [-0.2, 0) is 0 Å². The largest absolute Gasteiger partial charge is 0.367 e. The number of hydrogen-bond donors (Lipinski definition) is 1. The van der Waals surface area contributed by atoms with Gasteiger partial charge in [0, 0.05) is 6.04 Å². The second kappa shape index (κ2) is 6.80. The predicted octanol–water partition coefficient (Wildman–Crippen LogP) is 5.29. The van der Waals surface area contributed by atoms with Gasteiger partial charge in [0.05, 0.1) is 0 Å². The average Bonchev–Trinajstić information content (AvgIpc) is 2.49. The topological polar surface area (TPSA) is 24.9 Å². The van der Waals surface area contributed by atoms with Gasteiger partial charge in [-0.1, -0.05) is 62.6 Å². The Morgan fingerprint density at radius 3 is 2.50 bits per heavy atom. The monoisotopic (exact) mass is 292 g/mol. The molecule has 1 N–H and O–H groups in total. The SMILES string of the molecule is Clc1cccc(NC2CCCCC2C2CCCCC2)n1. The van der Waals surface area contributed by atoms with Gasteiger partial charge >= 0.3 is 0 Å². The molecule has 0 radical (unpaired) electrons. The molecular weight excluding hydrogens is 268 g/mol. The van der Waals surface area contributed by atoms with Gasteiger partial charge in [0.1, 0.15) is 11.0 Å². The van der Waals surface area contributed by atoms with E-state index in [0.717, 1.165) is 17.7 Å². The Kier molecular flexibility index (Phi) is 4.82. The Balaban J connectivity index is 1.68. The van der Waals surface area contributed by atoms with Gasteiger partial charge in [-0.3, -0.25) is 0 Å². The van der Waals surface area contributed by atoms with Crippen LogP contribution in [0.2, 0.25) is 5.15 Å². The molecule has 2 atom stereocenters. The molecule has 2 unspecified atom stereocenters. The molecule has 1 heterocycles. The number of nitrogens with one attached hydrogen (secondary N) is 1. The van der Waals surface area contributed by atoms with Crippen molar-refractivity contribution >= 4 is 17.4 Å². The molecule has 1 aromatic rings. The van der Waals surface area contributed by atoms with Gasteiger partial charge in [-0.25, -0.2) is 4.98 Å². The zero-order valence-corrected chi connectivity index (χ0v) is 12.9. The fraction of sp³-hybridized carbons (Fsp3) is 0.706. The van der Waals surface area contributed by atoms with E-state index in [9.17, 15) is 0 Å². The molecule has 0 aliphatic heterocycles. The minimum Gasteiger partial charge on any atom is -0.367 e. The van der Waals surface area contributed by atoms with Crippen molar-refractivity contribution in [2.24, 2.45) is 11.8 Å². The first kappa shape index (κ1) is 14.2. The highest BCUT2D eigenvalue weighted by Gasteiger charge is 2.32. The zero-order valence-electron chi connectivity index (χ0n) is 12.2. The van der Waals surface area contributed by atoms with E-state index in [-0.39, 0.29) is 0 Å². The quantitative estimate of drug-likeness (QED) is 0.766. The minimum atomic E-state index is 0.583. The van der Waals surface area contributed by atoms with E-state index in [1.807, 2.05) is 18.2 Å². The smallest absolute Gasteiger partial charge is 0.131 e. The fourth-order valence-electron chi connectivity index (χ4n) is 4.14. The maximum atomic E-state index is 6.00. The van der Waals surface area contributed by atoms with Crippen molar-refractivity contribution in [3.05, 3.63) is 23.4 Å². The van der Waals surface area contributed by atoms with Crippen LogP contribution in [0.25, 0.3) is 0 Å². The van der Waals surface area contributed by atoms with E-state index in [1.165, 1.54) is 57.8 Å². The Morgan fingerprint density at radius 1 is 0.950 bits per heavy atom. The van der Waals surface area contributed by atoms with Crippen LogP contribution in [0, 0.1) is 11.8 Å². The molecule has 0 spiro atoms. The van der Waals surface area contributed by atoms with Crippen LogP contribution >= 0.6 is 11.6 Å². The molecule has 110 valence electrons. The number of rotatable bonds is 3. The van der Waals surface area contributed by atoms with Crippen LogP contribution in [0.1, 0.15) is 57.8 Å². The third-order valence-electron chi connectivity index (χ3n) is 5.12. The summed E-state index contributed by atoms with van der Waals surface area (Å²) < 4.78 is 0. The third kappa shape index (κ3) is 3.46. The van der Waals surface area contributed by atoms with Crippen molar-refractivity contribution in [1.29, 1.82) is 0 Å². The van der Waals surface area contributed by atoms with Gasteiger partial charge in [0.25, 0.3) is 0 Å². The van der Waals surface area contributed by atoms with E-state index in [1.54, 1.807) is 0 Å². The lowest BCUT2D eigenvalue weighted by Gasteiger charge is -2.39. The maximum Gasteiger partial charge on any atom is 0.131 e. The van der Waals surface area contributed by atoms with Crippen LogP contribution in [0.5, 0.6) is 0 Å². The normalized spacial score (nSPS) is 28.2. The van der Waals surface area contributed by atoms with E-state index < -0.39 is 0 Å². The first-order valence-electron chi connectivity index (χ1n) is 8.22. The summed E-state index contributed by atoms with van der Waals surface area (Å²) in [4.78, 5) is 4.40. The zero-order chi connectivity index (χ0) is 13.8. The predicted molar refractivity (Wildman–Crippen MR) is 85.2 cm³/mol. The van der Waals surface area contributed by atoms with E-state index >= 15 is 0 Å². The van der Waals surface area contributed by atoms with Crippen molar-refractivity contribution < 1.29 is 0 Å². The van der Waals surface area contributed by atoms with Gasteiger partial charge in [-0.05, 0) is 36.8 Å². The lowest BCUT2D eigenvalue weighted by Crippen LogP contribution is -2.37. The first-order valence-corrected chi connectivity index (χ1v) is 8.60. The molecule has 0 amide bonds. The van der Waals surface area contributed by atoms with Crippen LogP contribution in [0.15, 0.2) is 18.2 Å². The Bertz CT molecular complexity index is 429. The lowest BCUT2D eigenvalue weighted by molar-refractivity contribution is 0.180. The summed E-state index contributed by atoms with van der Waals surface area (Å²) in [5, 5.41) is 4.26. The number of halogens is 1. The lowest BCUT2D eigenvalue weighted by atomic mass is 9.71. The van der Waals surface area contributed by atoms with Crippen molar-refractivity contribution in [3.63, 3.8) is 0 Å². The fourth-order valence-corrected chi connectivity index (χ4v) is 4.31. The van der Waals surface area contributed by atoms with Crippen molar-refractivity contribution in [2.75, 3.05) is 5.32 Å². The third-order valence-corrected chi connectivity index (χ3v) is 5.33. The molecule has 0 bridgehead atoms. The highest BCUT2D eigenvalue weighted by Crippen LogP contribution is 2.39. The minimum absolute atomic E-state index is 0.583. The first-order chi connectivity index (χ1) is 9.83. The molecule has 0 saturated heterocycles. The van der Waals surface area contributed by atoms with Crippen LogP contribution < -0.4 is 5.32 Å². The summed E-state index contributed by atoms with van der Waals surface area (Å²) in [5.74, 6) is 2.72. The summed E-state index contributed by atoms with van der Waals surface area (Å²) in [6.07, 6.45) is 12.6. The molecular formula is C17H25ClN2. The standard InChI is InChI=1S/C17H25ClN2/c18-16-11-6-12-17(20-16)19-15-10-5-4-9-14(15)13-7-2-1-3-8-13/h6,11-15H,1-5,7-10H2,(H,19,20). The molecule has 2 aliphatic carbocycles. The van der Waals surface area contributed by atoms with Gasteiger partial charge < -0.3 is 5.32 Å². The molecule has 3 rings (SSSR count). The number of hydrogen-bond acceptors (Lipinski definition) is 2. The van der Waals surface area contributed by atoms with E-state index in [0.29, 0.717) is 11.2 Å². The van der Waals surface area contributed by atoms with Crippen LogP contribution in [-0.4, -0.2) is 11.0 Å². The Hall–Kier alpha value is -0.760. The molecule has 2 nitrogen and oxygen atoms in total. The van der Waals surface area contributed by atoms with Crippen molar-refractivity contribution in [3.8, 4) is 0 Å². The molecule has 2 saturated carbocycles. The summed E-state index contributed by atoms with van der Waals surface area (Å²) in [5.41, 5.74) is 0. The van der Waals surface area contributed by atoms with E-state index in [2.05, 4.69) is 10.3 Å². The summed E-state index contributed by atoms with van der Waals surface area (Å²) in [6, 6.07) is 6.46. The molecule has 1 aromatic heterocycles. The van der Waals surface area contributed by atoms with Crippen LogP contribution in [0.3, 0.4) is 0 Å². The molecule has 2 fully saturated rings.